The van der Waals surface area contributed by atoms with Crippen LogP contribution in [0.2, 0.25) is 0 Å². The highest BCUT2D eigenvalue weighted by Gasteiger charge is 2.17. The normalized spacial score (nSPS) is 13.2. The van der Waals surface area contributed by atoms with Crippen molar-refractivity contribution in [3.63, 3.8) is 0 Å². The van der Waals surface area contributed by atoms with Crippen molar-refractivity contribution < 1.29 is 0 Å². The van der Waals surface area contributed by atoms with Crippen molar-refractivity contribution in [3.05, 3.63) is 16.1 Å². The molecule has 0 atom stereocenters. The van der Waals surface area contributed by atoms with Crippen LogP contribution in [0.4, 0.5) is 0 Å². The van der Waals surface area contributed by atoms with Crippen LogP contribution in [-0.2, 0) is 12.8 Å². The van der Waals surface area contributed by atoms with Gasteiger partial charge in [-0.3, -0.25) is 0 Å². The van der Waals surface area contributed by atoms with Gasteiger partial charge in [-0.25, -0.2) is 4.98 Å². The van der Waals surface area contributed by atoms with E-state index in [9.17, 15) is 0 Å². The average Bonchev–Trinajstić information content (AvgIpc) is 2.28. The molecular weight excluding hydrogens is 204 g/mol. The molecule has 3 heteroatoms. The fourth-order valence-electron chi connectivity index (χ4n) is 1.43. The Morgan fingerprint density at radius 2 is 1.80 bits per heavy atom. The van der Waals surface area contributed by atoms with Crippen molar-refractivity contribution in [2.75, 3.05) is 0 Å². The van der Waals surface area contributed by atoms with Crippen molar-refractivity contribution >= 4 is 11.3 Å². The summed E-state index contributed by atoms with van der Waals surface area (Å²) >= 11 is 1.75. The van der Waals surface area contributed by atoms with Crippen molar-refractivity contribution in [2.45, 2.75) is 53.0 Å². The summed E-state index contributed by atoms with van der Waals surface area (Å²) in [6.07, 6.45) is 1.90. The molecule has 0 bridgehead atoms. The number of aromatic nitrogens is 1. The molecule has 1 aromatic rings. The fourth-order valence-corrected chi connectivity index (χ4v) is 2.53. The van der Waals surface area contributed by atoms with E-state index in [1.807, 2.05) is 13.8 Å². The molecule has 0 aliphatic carbocycles. The zero-order chi connectivity index (χ0) is 11.7. The van der Waals surface area contributed by atoms with Crippen LogP contribution in [0, 0.1) is 5.41 Å². The first-order valence-corrected chi connectivity index (χ1v) is 6.26. The molecule has 2 nitrogen and oxygen atoms in total. The van der Waals surface area contributed by atoms with Gasteiger partial charge in [0.25, 0.3) is 0 Å². The summed E-state index contributed by atoms with van der Waals surface area (Å²) in [5.41, 5.74) is 7.25. The van der Waals surface area contributed by atoms with E-state index in [1.54, 1.807) is 11.3 Å². The van der Waals surface area contributed by atoms with Crippen LogP contribution in [0.5, 0.6) is 0 Å². The first-order chi connectivity index (χ1) is 6.66. The molecule has 1 aromatic heterocycles. The first-order valence-electron chi connectivity index (χ1n) is 5.38. The Bertz CT molecular complexity index is 285. The van der Waals surface area contributed by atoms with Gasteiger partial charge in [0, 0.05) is 23.8 Å². The standard InChI is InChI=1S/C12H22N2S/c1-11(2,3)7-10-14-9(8-15-10)6-12(4,5)13/h8H,6-7,13H2,1-5H3. The Balaban J connectivity index is 2.65. The predicted octanol–water partition coefficient (Wildman–Crippen LogP) is 3.01. The van der Waals surface area contributed by atoms with Crippen molar-refractivity contribution in [1.29, 1.82) is 0 Å². The second-order valence-electron chi connectivity index (χ2n) is 6.14. The minimum absolute atomic E-state index is 0.160. The molecule has 0 saturated heterocycles. The lowest BCUT2D eigenvalue weighted by Gasteiger charge is -2.17. The maximum Gasteiger partial charge on any atom is 0.0933 e. The summed E-state index contributed by atoms with van der Waals surface area (Å²) in [6.45, 7) is 10.8. The molecule has 0 radical (unpaired) electrons. The van der Waals surface area contributed by atoms with Crippen molar-refractivity contribution in [3.8, 4) is 0 Å². The van der Waals surface area contributed by atoms with E-state index in [-0.39, 0.29) is 5.54 Å². The van der Waals surface area contributed by atoms with Crippen LogP contribution in [0.3, 0.4) is 0 Å². The molecule has 0 spiro atoms. The molecule has 0 aliphatic heterocycles. The Labute approximate surface area is 96.9 Å². The maximum absolute atomic E-state index is 5.97. The highest BCUT2D eigenvalue weighted by molar-refractivity contribution is 7.09. The molecule has 0 unspecified atom stereocenters. The Kier molecular flexibility index (Phi) is 3.56. The number of rotatable bonds is 3. The highest BCUT2D eigenvalue weighted by atomic mass is 32.1. The molecular formula is C12H22N2S. The van der Waals surface area contributed by atoms with Gasteiger partial charge >= 0.3 is 0 Å². The molecule has 0 fully saturated rings. The summed E-state index contributed by atoms with van der Waals surface area (Å²) in [4.78, 5) is 4.62. The SMILES string of the molecule is CC(C)(C)Cc1nc(CC(C)(C)N)cs1. The number of nitrogens with two attached hydrogens (primary N) is 1. The topological polar surface area (TPSA) is 38.9 Å². The van der Waals surface area contributed by atoms with Gasteiger partial charge in [0.2, 0.25) is 0 Å². The molecule has 0 aromatic carbocycles. The maximum atomic E-state index is 5.97. The lowest BCUT2D eigenvalue weighted by Crippen LogP contribution is -2.34. The molecule has 1 heterocycles. The van der Waals surface area contributed by atoms with E-state index in [0.29, 0.717) is 5.41 Å². The molecule has 0 amide bonds. The van der Waals surface area contributed by atoms with Crippen LogP contribution in [-0.4, -0.2) is 10.5 Å². The average molecular weight is 226 g/mol. The van der Waals surface area contributed by atoms with Crippen LogP contribution in [0.1, 0.15) is 45.3 Å². The van der Waals surface area contributed by atoms with E-state index in [1.165, 1.54) is 5.01 Å². The lowest BCUT2D eigenvalue weighted by molar-refractivity contribution is 0.409. The number of thiazole rings is 1. The third kappa shape index (κ3) is 5.28. The largest absolute Gasteiger partial charge is 0.325 e. The number of nitrogens with zero attached hydrogens (tertiary/aromatic N) is 1. The number of hydrogen-bond acceptors (Lipinski definition) is 3. The van der Waals surface area contributed by atoms with Crippen LogP contribution < -0.4 is 5.73 Å². The van der Waals surface area contributed by atoms with Gasteiger partial charge in [0.1, 0.15) is 0 Å². The van der Waals surface area contributed by atoms with E-state index in [2.05, 4.69) is 31.1 Å². The van der Waals surface area contributed by atoms with E-state index < -0.39 is 0 Å². The summed E-state index contributed by atoms with van der Waals surface area (Å²) in [7, 11) is 0. The van der Waals surface area contributed by atoms with Crippen LogP contribution in [0.25, 0.3) is 0 Å². The number of hydrogen-bond donors (Lipinski definition) is 1. The van der Waals surface area contributed by atoms with E-state index in [4.69, 9.17) is 5.73 Å². The van der Waals surface area contributed by atoms with Crippen molar-refractivity contribution in [2.24, 2.45) is 11.1 Å². The summed E-state index contributed by atoms with van der Waals surface area (Å²) in [6, 6.07) is 0. The fraction of sp³-hybridized carbons (Fsp3) is 0.750. The van der Waals surface area contributed by atoms with Gasteiger partial charge in [-0.1, -0.05) is 20.8 Å². The van der Waals surface area contributed by atoms with Crippen molar-refractivity contribution in [1.82, 2.24) is 4.98 Å². The van der Waals surface area contributed by atoms with Gasteiger partial charge in [-0.15, -0.1) is 11.3 Å². The summed E-state index contributed by atoms with van der Waals surface area (Å²) < 4.78 is 0. The zero-order valence-corrected chi connectivity index (χ0v) is 11.2. The predicted molar refractivity (Wildman–Crippen MR) is 67.2 cm³/mol. The lowest BCUT2D eigenvalue weighted by atomic mass is 9.93. The molecule has 1 rings (SSSR count). The van der Waals surface area contributed by atoms with Crippen LogP contribution >= 0.6 is 11.3 Å². The summed E-state index contributed by atoms with van der Waals surface area (Å²) in [5, 5.41) is 3.36. The Hall–Kier alpha value is -0.410. The minimum Gasteiger partial charge on any atom is -0.325 e. The molecule has 15 heavy (non-hydrogen) atoms. The molecule has 0 saturated carbocycles. The third-order valence-corrected chi connectivity index (χ3v) is 2.82. The zero-order valence-electron chi connectivity index (χ0n) is 10.4. The Morgan fingerprint density at radius 3 is 2.27 bits per heavy atom. The smallest absolute Gasteiger partial charge is 0.0933 e. The van der Waals surface area contributed by atoms with Gasteiger partial charge in [-0.2, -0.15) is 0 Å². The monoisotopic (exact) mass is 226 g/mol. The van der Waals surface area contributed by atoms with Crippen LogP contribution in [0.15, 0.2) is 5.38 Å². The Morgan fingerprint density at radius 1 is 1.20 bits per heavy atom. The molecule has 2 N–H and O–H groups in total. The van der Waals surface area contributed by atoms with Gasteiger partial charge in [-0.05, 0) is 19.3 Å². The van der Waals surface area contributed by atoms with Gasteiger partial charge in [0.15, 0.2) is 0 Å². The third-order valence-electron chi connectivity index (χ3n) is 1.92. The quantitative estimate of drug-likeness (QED) is 0.860. The first kappa shape index (κ1) is 12.7. The summed E-state index contributed by atoms with van der Waals surface area (Å²) in [5.74, 6) is 0. The van der Waals surface area contributed by atoms with Gasteiger partial charge < -0.3 is 5.73 Å². The van der Waals surface area contributed by atoms with Gasteiger partial charge in [0.05, 0.1) is 10.7 Å². The minimum atomic E-state index is -0.160. The molecule has 86 valence electrons. The highest BCUT2D eigenvalue weighted by Crippen LogP contribution is 2.23. The second kappa shape index (κ2) is 4.22. The van der Waals surface area contributed by atoms with E-state index >= 15 is 0 Å². The molecule has 0 aliphatic rings. The van der Waals surface area contributed by atoms with E-state index in [0.717, 1.165) is 18.5 Å². The second-order valence-corrected chi connectivity index (χ2v) is 7.08.